The Morgan fingerprint density at radius 1 is 0.944 bits per heavy atom. The normalized spacial score (nSPS) is 20.2. The number of benzene rings is 1. The summed E-state index contributed by atoms with van der Waals surface area (Å²) in [5.41, 5.74) is 0.533. The van der Waals surface area contributed by atoms with E-state index < -0.39 is 30.1 Å². The zero-order valence-corrected chi connectivity index (χ0v) is 36.4. The summed E-state index contributed by atoms with van der Waals surface area (Å²) in [5, 5.41) is 13.8. The number of likely N-dealkylation sites (N-methyl/N-ethyl adjacent to an activating group) is 2. The fraction of sp³-hybridized carbons (Fsp3) is 0.773. The fourth-order valence-electron chi connectivity index (χ4n) is 8.27. The van der Waals surface area contributed by atoms with Crippen molar-refractivity contribution in [1.29, 1.82) is 0 Å². The number of Topliss-reactive ketones (excluding diaryl/α,β-unsaturated/α-hetero) is 1. The van der Waals surface area contributed by atoms with E-state index in [1.807, 2.05) is 70.0 Å². The maximum Gasteiger partial charge on any atom is 0.226 e. The van der Waals surface area contributed by atoms with Gasteiger partial charge >= 0.3 is 0 Å². The minimum Gasteiger partial charge on any atom is -0.386 e. The number of nitrogens with one attached hydrogen (secondary N) is 1. The van der Waals surface area contributed by atoms with Gasteiger partial charge in [-0.1, -0.05) is 92.1 Å². The molecule has 0 radical (unpaired) electrons. The van der Waals surface area contributed by atoms with Crippen molar-refractivity contribution < 1.29 is 29.0 Å². The van der Waals surface area contributed by atoms with Gasteiger partial charge in [0.25, 0.3) is 0 Å². The van der Waals surface area contributed by atoms with Crippen LogP contribution < -0.4 is 5.32 Å². The van der Waals surface area contributed by atoms with Gasteiger partial charge in [-0.15, -0.1) is 0 Å². The minimum atomic E-state index is -0.833. The predicted molar refractivity (Wildman–Crippen MR) is 218 cm³/mol. The quantitative estimate of drug-likeness (QED) is 0.151. The number of rotatable bonds is 20. The van der Waals surface area contributed by atoms with Crippen LogP contribution in [-0.2, 0) is 23.9 Å². The predicted octanol–water partition coefficient (Wildman–Crippen LogP) is 6.75. The Morgan fingerprint density at radius 3 is 2.04 bits per heavy atom. The maximum atomic E-state index is 14.4. The Bertz CT molecular complexity index is 1350. The average Bonchev–Trinajstić information content (AvgIpc) is 3.62. The van der Waals surface area contributed by atoms with Crippen LogP contribution >= 0.6 is 0 Å². The Balaban J connectivity index is 2.24. The molecule has 2 unspecified atom stereocenters. The second-order valence-corrected chi connectivity index (χ2v) is 17.9. The number of amides is 3. The maximum absolute atomic E-state index is 14.4. The minimum absolute atomic E-state index is 0.0286. The summed E-state index contributed by atoms with van der Waals surface area (Å²) in [6.45, 7) is 24.9. The summed E-state index contributed by atoms with van der Waals surface area (Å²) in [5.74, 6) is -1.20. The molecule has 1 aromatic carbocycles. The van der Waals surface area contributed by atoms with E-state index in [1.54, 1.807) is 26.0 Å². The van der Waals surface area contributed by atoms with E-state index in [0.29, 0.717) is 6.54 Å². The lowest BCUT2D eigenvalue weighted by Crippen LogP contribution is -2.54. The molecule has 3 amide bonds. The number of likely N-dealkylation sites (tertiary alicyclic amines) is 1. The molecule has 1 fully saturated rings. The third-order valence-electron chi connectivity index (χ3n) is 12.5. The molecule has 10 heteroatoms. The van der Waals surface area contributed by atoms with Crippen molar-refractivity contribution in [3.05, 3.63) is 35.9 Å². The van der Waals surface area contributed by atoms with Gasteiger partial charge in [-0.2, -0.15) is 0 Å². The molecule has 10 nitrogen and oxygen atoms in total. The van der Waals surface area contributed by atoms with Crippen LogP contribution in [0, 0.1) is 35.5 Å². The van der Waals surface area contributed by atoms with Crippen LogP contribution in [-0.4, -0.2) is 107 Å². The Labute approximate surface area is 328 Å². The van der Waals surface area contributed by atoms with Gasteiger partial charge < -0.3 is 25.0 Å². The molecule has 1 saturated heterocycles. The fourth-order valence-corrected chi connectivity index (χ4v) is 8.27. The zero-order chi connectivity index (χ0) is 41.2. The van der Waals surface area contributed by atoms with E-state index in [0.717, 1.165) is 24.8 Å². The molecule has 54 heavy (non-hydrogen) atoms. The molecular formula is C44H76N4O6. The van der Waals surface area contributed by atoms with Crippen LogP contribution in [0.2, 0.25) is 0 Å². The molecule has 1 heterocycles. The third kappa shape index (κ3) is 12.1. The number of ether oxygens (including phenoxy) is 1. The number of nitrogens with zero attached hydrogens (tertiary/aromatic N) is 3. The Hall–Kier alpha value is -2.82. The van der Waals surface area contributed by atoms with Crippen molar-refractivity contribution >= 4 is 23.5 Å². The molecule has 1 aromatic rings. The summed E-state index contributed by atoms with van der Waals surface area (Å²) in [6, 6.07) is 7.99. The summed E-state index contributed by atoms with van der Waals surface area (Å²) < 4.78 is 6.08. The number of aliphatic hydroxyl groups is 1. The monoisotopic (exact) mass is 757 g/mol. The SMILES string of the molecule is CC[C@H](C)C([C@@H](CC(=O)N1CCCC1[C@H](C)[C@@H](C)C(=O)N[C@H](C)[C@@H](O)c1ccccc1)OC)N(C)C(=O)[C@@H](CC(=O)[C@H](C(C)C)N(C)C(C)(C)C)C(C)C. The number of hydrogen-bond acceptors (Lipinski definition) is 7. The van der Waals surface area contributed by atoms with Crippen LogP contribution in [0.5, 0.6) is 0 Å². The second kappa shape index (κ2) is 20.9. The molecular weight excluding hydrogens is 681 g/mol. The molecule has 0 aromatic heterocycles. The number of carbonyl (C=O) groups is 4. The first-order chi connectivity index (χ1) is 25.1. The lowest BCUT2D eigenvalue weighted by molar-refractivity contribution is -0.148. The van der Waals surface area contributed by atoms with Crippen LogP contribution in [0.4, 0.5) is 0 Å². The Kier molecular flexibility index (Phi) is 18.3. The van der Waals surface area contributed by atoms with Crippen LogP contribution in [0.1, 0.15) is 127 Å². The number of methoxy groups -OCH3 is 1. The third-order valence-corrected chi connectivity index (χ3v) is 12.5. The van der Waals surface area contributed by atoms with E-state index in [1.165, 1.54) is 0 Å². The number of carbonyl (C=O) groups excluding carboxylic acids is 4. The van der Waals surface area contributed by atoms with Gasteiger partial charge in [0.15, 0.2) is 5.78 Å². The van der Waals surface area contributed by atoms with Gasteiger partial charge in [-0.25, -0.2) is 0 Å². The van der Waals surface area contributed by atoms with Crippen LogP contribution in [0.15, 0.2) is 30.3 Å². The van der Waals surface area contributed by atoms with Crippen molar-refractivity contribution in [3.8, 4) is 0 Å². The molecule has 0 saturated carbocycles. The summed E-state index contributed by atoms with van der Waals surface area (Å²) >= 11 is 0. The zero-order valence-electron chi connectivity index (χ0n) is 36.4. The molecule has 10 atom stereocenters. The first-order valence-corrected chi connectivity index (χ1v) is 20.5. The van der Waals surface area contributed by atoms with Gasteiger partial charge in [0.1, 0.15) is 0 Å². The molecule has 2 rings (SSSR count). The average molecular weight is 757 g/mol. The van der Waals surface area contributed by atoms with Crippen LogP contribution in [0.25, 0.3) is 0 Å². The molecule has 1 aliphatic heterocycles. The van der Waals surface area contributed by atoms with Gasteiger partial charge in [0.2, 0.25) is 17.7 Å². The lowest BCUT2D eigenvalue weighted by Gasteiger charge is -2.42. The highest BCUT2D eigenvalue weighted by Crippen LogP contribution is 2.33. The standard InChI is InChI=1S/C44H76N4O6/c1-16-29(6)40(46(13)43(53)34(27(2)3)25-36(49)39(28(4)5)47(14)44(10,11)12)37(54-15)26-38(50)48-24-20-23-35(48)30(7)31(8)42(52)45-32(9)41(51)33-21-18-17-19-22-33/h17-19,21-22,27-32,34-35,37,39-41,51H,16,20,23-26H2,1-15H3,(H,45,52)/t29-,30+,31+,32+,34-,35?,37+,39-,40?,41+/m0/s1. The van der Waals surface area contributed by atoms with Crippen molar-refractivity contribution in [2.45, 2.75) is 157 Å². The molecule has 0 aliphatic carbocycles. The van der Waals surface area contributed by atoms with E-state index >= 15 is 0 Å². The van der Waals surface area contributed by atoms with E-state index in [-0.39, 0.29) is 83.7 Å². The highest BCUT2D eigenvalue weighted by molar-refractivity contribution is 5.90. The van der Waals surface area contributed by atoms with E-state index in [4.69, 9.17) is 4.74 Å². The van der Waals surface area contributed by atoms with Gasteiger partial charge in [-0.05, 0) is 76.8 Å². The largest absolute Gasteiger partial charge is 0.386 e. The van der Waals surface area contributed by atoms with E-state index in [9.17, 15) is 24.3 Å². The molecule has 308 valence electrons. The molecule has 1 aliphatic rings. The molecule has 0 spiro atoms. The summed E-state index contributed by atoms with van der Waals surface area (Å²) in [6.07, 6.45) is 1.28. The molecule has 2 N–H and O–H groups in total. The number of ketones is 1. The van der Waals surface area contributed by atoms with Crippen molar-refractivity contribution in [2.75, 3.05) is 27.7 Å². The lowest BCUT2D eigenvalue weighted by atomic mass is 9.83. The summed E-state index contributed by atoms with van der Waals surface area (Å²) in [4.78, 5) is 61.8. The van der Waals surface area contributed by atoms with Crippen molar-refractivity contribution in [3.63, 3.8) is 0 Å². The second-order valence-electron chi connectivity index (χ2n) is 17.9. The molecule has 0 bridgehead atoms. The first kappa shape index (κ1) is 47.3. The van der Waals surface area contributed by atoms with Gasteiger partial charge in [0.05, 0.1) is 36.8 Å². The first-order valence-electron chi connectivity index (χ1n) is 20.5. The smallest absolute Gasteiger partial charge is 0.226 e. The topological polar surface area (TPSA) is 119 Å². The van der Waals surface area contributed by atoms with Crippen molar-refractivity contribution in [2.24, 2.45) is 35.5 Å². The van der Waals surface area contributed by atoms with E-state index in [2.05, 4.69) is 58.7 Å². The highest BCUT2D eigenvalue weighted by Gasteiger charge is 2.42. The Morgan fingerprint density at radius 2 is 1.54 bits per heavy atom. The number of aliphatic hydroxyl groups excluding tert-OH is 1. The highest BCUT2D eigenvalue weighted by atomic mass is 16.5. The van der Waals surface area contributed by atoms with Crippen molar-refractivity contribution in [1.82, 2.24) is 20.0 Å². The summed E-state index contributed by atoms with van der Waals surface area (Å²) in [7, 11) is 5.39. The number of hydrogen-bond donors (Lipinski definition) is 2. The van der Waals surface area contributed by atoms with Gasteiger partial charge in [-0.3, -0.25) is 24.1 Å². The van der Waals surface area contributed by atoms with Gasteiger partial charge in [0, 0.05) is 50.5 Å². The van der Waals surface area contributed by atoms with Crippen LogP contribution in [0.3, 0.4) is 0 Å².